The highest BCUT2D eigenvalue weighted by atomic mass is 19.1. The first kappa shape index (κ1) is 18.5. The quantitative estimate of drug-likeness (QED) is 0.510. The molecule has 3 rings (SSSR count). The standard InChI is InChI=1S/C18H18FN5O3/c1-23(2)17(11-3-5-12(19)6-4-11)9-20-15-8-14-13(7-16(15)24(26)27)18(25)22-10-21-14/h3-8,10,17,20H,9H2,1-2H3,(H,21,22,25). The molecule has 9 heteroatoms. The van der Waals surface area contributed by atoms with Crippen molar-refractivity contribution in [1.82, 2.24) is 14.9 Å². The van der Waals surface area contributed by atoms with Gasteiger partial charge in [-0.1, -0.05) is 12.1 Å². The molecule has 2 N–H and O–H groups in total. The van der Waals surface area contributed by atoms with E-state index in [1.165, 1.54) is 30.6 Å². The Hall–Kier alpha value is -3.33. The molecule has 0 bridgehead atoms. The summed E-state index contributed by atoms with van der Waals surface area (Å²) in [7, 11) is 3.73. The molecule has 1 heterocycles. The molecule has 1 atom stereocenters. The number of H-pyrrole nitrogens is 1. The fourth-order valence-corrected chi connectivity index (χ4v) is 2.89. The highest BCUT2D eigenvalue weighted by Crippen LogP contribution is 2.29. The van der Waals surface area contributed by atoms with Gasteiger partial charge in [-0.25, -0.2) is 9.37 Å². The van der Waals surface area contributed by atoms with Crippen molar-refractivity contribution in [1.29, 1.82) is 0 Å². The molecule has 0 aliphatic rings. The molecule has 140 valence electrons. The van der Waals surface area contributed by atoms with Crippen LogP contribution in [0.5, 0.6) is 0 Å². The third-order valence-corrected chi connectivity index (χ3v) is 4.32. The molecular formula is C18H18FN5O3. The van der Waals surface area contributed by atoms with Gasteiger partial charge in [-0.3, -0.25) is 14.9 Å². The second kappa shape index (κ2) is 7.50. The van der Waals surface area contributed by atoms with Crippen LogP contribution in [0.1, 0.15) is 11.6 Å². The molecule has 8 nitrogen and oxygen atoms in total. The Morgan fingerprint density at radius 1 is 1.30 bits per heavy atom. The summed E-state index contributed by atoms with van der Waals surface area (Å²) in [5.41, 5.74) is 0.839. The van der Waals surface area contributed by atoms with E-state index in [0.717, 1.165) is 5.56 Å². The molecule has 0 aliphatic heterocycles. The zero-order chi connectivity index (χ0) is 19.6. The third kappa shape index (κ3) is 3.93. The van der Waals surface area contributed by atoms with Crippen molar-refractivity contribution in [2.45, 2.75) is 6.04 Å². The maximum atomic E-state index is 13.2. The first-order valence-electron chi connectivity index (χ1n) is 8.18. The number of nitro benzene ring substituents is 1. The Bertz CT molecular complexity index is 1030. The van der Waals surface area contributed by atoms with Crippen molar-refractivity contribution in [2.24, 2.45) is 0 Å². The van der Waals surface area contributed by atoms with Crippen LogP contribution in [0, 0.1) is 15.9 Å². The minimum Gasteiger partial charge on any atom is -0.378 e. The Morgan fingerprint density at radius 3 is 2.63 bits per heavy atom. The summed E-state index contributed by atoms with van der Waals surface area (Å²) in [6.07, 6.45) is 1.25. The first-order chi connectivity index (χ1) is 12.9. The highest BCUT2D eigenvalue weighted by molar-refractivity contribution is 5.86. The highest BCUT2D eigenvalue weighted by Gasteiger charge is 2.20. The predicted molar refractivity (Wildman–Crippen MR) is 100 cm³/mol. The van der Waals surface area contributed by atoms with E-state index in [-0.39, 0.29) is 28.6 Å². The third-order valence-electron chi connectivity index (χ3n) is 4.32. The van der Waals surface area contributed by atoms with Crippen molar-refractivity contribution in [3.05, 3.63) is 74.6 Å². The van der Waals surface area contributed by atoms with E-state index < -0.39 is 10.5 Å². The molecule has 27 heavy (non-hydrogen) atoms. The van der Waals surface area contributed by atoms with Gasteiger partial charge in [0.05, 0.1) is 28.2 Å². The lowest BCUT2D eigenvalue weighted by Crippen LogP contribution is -2.27. The SMILES string of the molecule is CN(C)C(CNc1cc2nc[nH]c(=O)c2cc1[N+](=O)[O-])c1ccc(F)cc1. The fourth-order valence-electron chi connectivity index (χ4n) is 2.89. The maximum absolute atomic E-state index is 13.2. The minimum absolute atomic E-state index is 0.145. The van der Waals surface area contributed by atoms with Crippen LogP contribution < -0.4 is 10.9 Å². The van der Waals surface area contributed by atoms with Gasteiger partial charge >= 0.3 is 0 Å². The van der Waals surface area contributed by atoms with Gasteiger partial charge in [-0.2, -0.15) is 0 Å². The van der Waals surface area contributed by atoms with E-state index >= 15 is 0 Å². The van der Waals surface area contributed by atoms with Crippen molar-refractivity contribution in [3.8, 4) is 0 Å². The Labute approximate surface area is 153 Å². The molecular weight excluding hydrogens is 353 g/mol. The average Bonchev–Trinajstić information content (AvgIpc) is 2.62. The number of anilines is 1. The van der Waals surface area contributed by atoms with Gasteiger partial charge in [-0.15, -0.1) is 0 Å². The van der Waals surface area contributed by atoms with Crippen LogP contribution in [0.3, 0.4) is 0 Å². The van der Waals surface area contributed by atoms with Crippen molar-refractivity contribution in [3.63, 3.8) is 0 Å². The van der Waals surface area contributed by atoms with Crippen LogP contribution in [-0.2, 0) is 0 Å². The number of aromatic nitrogens is 2. The van der Waals surface area contributed by atoms with Gasteiger partial charge in [0.25, 0.3) is 11.2 Å². The van der Waals surface area contributed by atoms with Crippen LogP contribution in [0.15, 0.2) is 47.5 Å². The fraction of sp³-hybridized carbons (Fsp3) is 0.222. The summed E-state index contributed by atoms with van der Waals surface area (Å²) < 4.78 is 13.2. The zero-order valence-corrected chi connectivity index (χ0v) is 14.8. The smallest absolute Gasteiger partial charge is 0.293 e. The summed E-state index contributed by atoms with van der Waals surface area (Å²) in [6, 6.07) is 8.66. The number of aromatic amines is 1. The summed E-state index contributed by atoms with van der Waals surface area (Å²) in [5.74, 6) is -0.328. The van der Waals surface area contributed by atoms with Crippen LogP contribution in [0.25, 0.3) is 10.9 Å². The van der Waals surface area contributed by atoms with Gasteiger partial charge in [-0.05, 0) is 37.9 Å². The Kier molecular flexibility index (Phi) is 5.13. The predicted octanol–water partition coefficient (Wildman–Crippen LogP) is 2.69. The number of fused-ring (bicyclic) bond motifs is 1. The van der Waals surface area contributed by atoms with Crippen LogP contribution in [0.4, 0.5) is 15.8 Å². The second-order valence-corrected chi connectivity index (χ2v) is 6.29. The lowest BCUT2D eigenvalue weighted by molar-refractivity contribution is -0.383. The number of nitro groups is 1. The van der Waals surface area contributed by atoms with Crippen LogP contribution in [0.2, 0.25) is 0 Å². The van der Waals surface area contributed by atoms with Gasteiger partial charge in [0.1, 0.15) is 11.5 Å². The number of benzene rings is 2. The lowest BCUT2D eigenvalue weighted by Gasteiger charge is -2.25. The molecule has 0 saturated carbocycles. The number of nitrogens with zero attached hydrogens (tertiary/aromatic N) is 3. The molecule has 0 spiro atoms. The molecule has 1 aromatic heterocycles. The van der Waals surface area contributed by atoms with E-state index in [1.807, 2.05) is 19.0 Å². The van der Waals surface area contributed by atoms with Crippen molar-refractivity contribution in [2.75, 3.05) is 26.0 Å². The largest absolute Gasteiger partial charge is 0.378 e. The number of hydrogen-bond donors (Lipinski definition) is 2. The Morgan fingerprint density at radius 2 is 2.00 bits per heavy atom. The molecule has 0 amide bonds. The van der Waals surface area contributed by atoms with E-state index in [9.17, 15) is 19.3 Å². The maximum Gasteiger partial charge on any atom is 0.293 e. The number of rotatable bonds is 6. The topological polar surface area (TPSA) is 104 Å². The monoisotopic (exact) mass is 371 g/mol. The van der Waals surface area contributed by atoms with Gasteiger partial charge in [0, 0.05) is 12.6 Å². The Balaban J connectivity index is 1.94. The van der Waals surface area contributed by atoms with E-state index in [1.54, 1.807) is 12.1 Å². The number of nitrogens with one attached hydrogen (secondary N) is 2. The molecule has 0 fully saturated rings. The normalized spacial score (nSPS) is 12.3. The molecule has 1 unspecified atom stereocenters. The number of hydrogen-bond acceptors (Lipinski definition) is 6. The van der Waals surface area contributed by atoms with Crippen LogP contribution >= 0.6 is 0 Å². The van der Waals surface area contributed by atoms with E-state index in [4.69, 9.17) is 0 Å². The number of likely N-dealkylation sites (N-methyl/N-ethyl adjacent to an activating group) is 1. The summed E-state index contributed by atoms with van der Waals surface area (Å²) in [6.45, 7) is 0.341. The van der Waals surface area contributed by atoms with Gasteiger partial charge < -0.3 is 15.2 Å². The molecule has 0 saturated heterocycles. The summed E-state index contributed by atoms with van der Waals surface area (Å²) >= 11 is 0. The molecule has 0 aliphatic carbocycles. The van der Waals surface area contributed by atoms with E-state index in [2.05, 4.69) is 15.3 Å². The van der Waals surface area contributed by atoms with Crippen molar-refractivity contribution < 1.29 is 9.31 Å². The van der Waals surface area contributed by atoms with Crippen LogP contribution in [-0.4, -0.2) is 40.4 Å². The molecule has 3 aromatic rings. The second-order valence-electron chi connectivity index (χ2n) is 6.29. The first-order valence-corrected chi connectivity index (χ1v) is 8.18. The lowest BCUT2D eigenvalue weighted by atomic mass is 10.1. The molecule has 2 aromatic carbocycles. The summed E-state index contributed by atoms with van der Waals surface area (Å²) in [5, 5.41) is 14.7. The minimum atomic E-state index is -0.545. The van der Waals surface area contributed by atoms with Gasteiger partial charge in [0.2, 0.25) is 0 Å². The zero-order valence-electron chi connectivity index (χ0n) is 14.8. The van der Waals surface area contributed by atoms with Crippen molar-refractivity contribution >= 4 is 22.3 Å². The van der Waals surface area contributed by atoms with E-state index in [0.29, 0.717) is 12.1 Å². The average molecular weight is 371 g/mol. The van der Waals surface area contributed by atoms with Gasteiger partial charge in [0.15, 0.2) is 0 Å². The summed E-state index contributed by atoms with van der Waals surface area (Å²) in [4.78, 5) is 31.1. The number of halogens is 1. The molecule has 0 radical (unpaired) electrons.